The van der Waals surface area contributed by atoms with Crippen molar-refractivity contribution in [3.8, 4) is 12.1 Å². The van der Waals surface area contributed by atoms with Crippen LogP contribution in [0.5, 0.6) is 0 Å². The molecule has 0 spiro atoms. The maximum absolute atomic E-state index is 15.2. The van der Waals surface area contributed by atoms with E-state index in [0.717, 1.165) is 42.0 Å². The van der Waals surface area contributed by atoms with E-state index in [1.807, 2.05) is 41.0 Å². The van der Waals surface area contributed by atoms with E-state index in [9.17, 15) is 24.4 Å². The van der Waals surface area contributed by atoms with Gasteiger partial charge in [-0.2, -0.15) is 10.5 Å². The Morgan fingerprint density at radius 3 is 1.93 bits per heavy atom. The first-order chi connectivity index (χ1) is 27.3. The van der Waals surface area contributed by atoms with E-state index >= 15 is 8.78 Å². The molecule has 4 heterocycles. The molecule has 2 aromatic heterocycles. The third kappa shape index (κ3) is 7.44. The van der Waals surface area contributed by atoms with E-state index in [2.05, 4.69) is 27.8 Å². The van der Waals surface area contributed by atoms with Crippen LogP contribution in [0.25, 0.3) is 21.8 Å². The molecule has 2 saturated carbocycles. The Balaban J connectivity index is 0.000000174. The van der Waals surface area contributed by atoms with Gasteiger partial charge in [0.05, 0.1) is 28.6 Å². The van der Waals surface area contributed by atoms with E-state index in [4.69, 9.17) is 5.26 Å². The fourth-order valence-corrected chi connectivity index (χ4v) is 9.53. The van der Waals surface area contributed by atoms with Crippen molar-refractivity contribution in [2.75, 3.05) is 56.6 Å². The topological polar surface area (TPSA) is 177 Å². The number of hydrogen-bond acceptors (Lipinski definition) is 10. The standard InChI is InChI=1S/C20H23AsFN5O2.C20H24FN5O2/c1-11-17-14(19(28)27(21)20(29)26(17)13-3-4-13)9-15(22)18(11)25-8-6-12(10-25)16(24-2)5-7-23;1-11-17-15(19(27)24-20(28)26(17)14-3-4-14)7-16(21)18(11)25-6-5-12(10-25)13(8-22)9-23-2/h9,12-13,16,24H,3-6,8,10H2,1-2H3;7,12-14,23H,3-6,9-10H2,1-2H3,(H,24,27,28). The summed E-state index contributed by atoms with van der Waals surface area (Å²) in [4.78, 5) is 56.4. The summed E-state index contributed by atoms with van der Waals surface area (Å²) in [5.41, 5.74) is 1.40. The number of aromatic amines is 1. The zero-order valence-corrected chi connectivity index (χ0v) is 34.4. The van der Waals surface area contributed by atoms with Crippen molar-refractivity contribution in [3.63, 3.8) is 0 Å². The van der Waals surface area contributed by atoms with Gasteiger partial charge in [0.15, 0.2) is 0 Å². The molecule has 2 radical (unpaired) electrons. The first-order valence-corrected chi connectivity index (χ1v) is 20.4. The molecule has 57 heavy (non-hydrogen) atoms. The summed E-state index contributed by atoms with van der Waals surface area (Å²) >= 11 is 1.98. The predicted octanol–water partition coefficient (Wildman–Crippen LogP) is 2.86. The third-order valence-corrected chi connectivity index (χ3v) is 13.0. The molecular formula is C40H47AsF2N10O4. The molecule has 14 nitrogen and oxygen atoms in total. The second kappa shape index (κ2) is 16.2. The number of rotatable bonds is 10. The predicted molar refractivity (Wildman–Crippen MR) is 215 cm³/mol. The van der Waals surface area contributed by atoms with Gasteiger partial charge in [-0.25, -0.2) is 9.18 Å². The minimum absolute atomic E-state index is 0.0588. The first-order valence-electron chi connectivity index (χ1n) is 19.6. The Hall–Kier alpha value is -4.76. The molecule has 300 valence electrons. The number of fused-ring (bicyclic) bond motifs is 2. The minimum atomic E-state index is -0.552. The number of benzene rings is 2. The second-order valence-corrected chi connectivity index (χ2v) is 16.7. The number of nitrogens with zero attached hydrogens (tertiary/aromatic N) is 7. The summed E-state index contributed by atoms with van der Waals surface area (Å²) in [5.74, 6) is -0.648. The van der Waals surface area contributed by atoms with Crippen molar-refractivity contribution < 1.29 is 8.78 Å². The fourth-order valence-electron chi connectivity index (χ4n) is 9.10. The van der Waals surface area contributed by atoms with Crippen LogP contribution in [0.2, 0.25) is 0 Å². The number of H-pyrrole nitrogens is 1. The molecule has 4 aliphatic rings. The molecule has 2 aliphatic carbocycles. The molecule has 4 atom stereocenters. The van der Waals surface area contributed by atoms with Crippen LogP contribution in [0.15, 0.2) is 31.3 Å². The molecule has 2 aromatic carbocycles. The van der Waals surface area contributed by atoms with Crippen molar-refractivity contribution in [2.45, 2.75) is 76.9 Å². The number of aromatic nitrogens is 4. The summed E-state index contributed by atoms with van der Waals surface area (Å²) < 4.78 is 34.5. The number of nitrogens with one attached hydrogen (secondary N) is 3. The molecule has 4 aromatic rings. The monoisotopic (exact) mass is 844 g/mol. The summed E-state index contributed by atoms with van der Waals surface area (Å²) in [5, 5.41) is 25.2. The number of anilines is 2. The van der Waals surface area contributed by atoms with Crippen molar-refractivity contribution in [2.24, 2.45) is 17.8 Å². The van der Waals surface area contributed by atoms with Crippen molar-refractivity contribution >= 4 is 50.3 Å². The van der Waals surface area contributed by atoms with Gasteiger partial charge in [0.1, 0.15) is 5.82 Å². The van der Waals surface area contributed by atoms with Crippen molar-refractivity contribution in [1.82, 2.24) is 28.2 Å². The van der Waals surface area contributed by atoms with Crippen LogP contribution in [0.4, 0.5) is 20.2 Å². The average Bonchev–Trinajstić information content (AvgIpc) is 4.11. The number of halogens is 2. The molecule has 0 bridgehead atoms. The van der Waals surface area contributed by atoms with Crippen LogP contribution in [-0.2, 0) is 0 Å². The van der Waals surface area contributed by atoms with Gasteiger partial charge in [-0.3, -0.25) is 14.3 Å². The first kappa shape index (κ1) is 40.4. The molecule has 2 aliphatic heterocycles. The van der Waals surface area contributed by atoms with E-state index in [1.165, 1.54) is 12.1 Å². The number of hydrogen-bond donors (Lipinski definition) is 3. The van der Waals surface area contributed by atoms with Crippen molar-refractivity contribution in [1.29, 1.82) is 10.5 Å². The van der Waals surface area contributed by atoms with E-state index in [1.54, 1.807) is 23.0 Å². The normalized spacial score (nSPS) is 20.4. The Kier molecular flexibility index (Phi) is 11.5. The molecule has 3 N–H and O–H groups in total. The SMILES string of the molecule is CNC(CC#N)C1CCN(c2c(F)cc3c(=O)n([As])c(=O)n(C4CC4)c3c2C)C1.CNCC(C#N)C1CCN(c2c(F)cc3c(=O)[nH]c(=O)n(C4CC4)c3c2C)C1. The summed E-state index contributed by atoms with van der Waals surface area (Å²) in [7, 11) is 3.66. The molecule has 4 unspecified atom stereocenters. The zero-order valence-electron chi connectivity index (χ0n) is 32.6. The minimum Gasteiger partial charge on any atom is -0.369 e. The molecule has 0 amide bonds. The van der Waals surface area contributed by atoms with Gasteiger partial charge in [-0.15, -0.1) is 0 Å². The smallest absolute Gasteiger partial charge is 0.329 e. The van der Waals surface area contributed by atoms with E-state index in [-0.39, 0.29) is 52.3 Å². The van der Waals surface area contributed by atoms with Crippen LogP contribution in [0, 0.1) is 65.9 Å². The maximum atomic E-state index is 15.2. The second-order valence-electron chi connectivity index (χ2n) is 15.9. The van der Waals surface area contributed by atoms with Gasteiger partial charge < -0.3 is 10.2 Å². The van der Waals surface area contributed by atoms with Gasteiger partial charge in [0.2, 0.25) is 0 Å². The van der Waals surface area contributed by atoms with Crippen LogP contribution in [0.3, 0.4) is 0 Å². The van der Waals surface area contributed by atoms with Gasteiger partial charge in [0, 0.05) is 31.2 Å². The van der Waals surface area contributed by atoms with Gasteiger partial charge in [-0.05, 0) is 45.2 Å². The number of nitriles is 2. The van der Waals surface area contributed by atoms with Crippen molar-refractivity contribution in [3.05, 3.63) is 76.6 Å². The largest absolute Gasteiger partial charge is 0.369 e. The average molecular weight is 845 g/mol. The molecule has 17 heteroatoms. The summed E-state index contributed by atoms with van der Waals surface area (Å²) in [6, 6.07) is 7.27. The molecule has 4 fully saturated rings. The molecule has 8 rings (SSSR count). The van der Waals surface area contributed by atoms with Crippen LogP contribution >= 0.6 is 0 Å². The Morgan fingerprint density at radius 2 is 1.39 bits per heavy atom. The zero-order chi connectivity index (χ0) is 40.9. The maximum Gasteiger partial charge on any atom is 0.329 e. The van der Waals surface area contributed by atoms with E-state index in [0.29, 0.717) is 72.7 Å². The van der Waals surface area contributed by atoms with Gasteiger partial charge in [0.25, 0.3) is 5.56 Å². The van der Waals surface area contributed by atoms with Crippen LogP contribution in [-0.4, -0.2) is 87.5 Å². The summed E-state index contributed by atoms with van der Waals surface area (Å²) in [6.45, 7) is 6.71. The van der Waals surface area contributed by atoms with E-state index < -0.39 is 28.4 Å². The number of aryl methyl sites for hydroxylation is 2. The molecule has 2 saturated heterocycles. The van der Waals surface area contributed by atoms with Gasteiger partial charge >= 0.3 is 177 Å². The Labute approximate surface area is 336 Å². The summed E-state index contributed by atoms with van der Waals surface area (Å²) in [6.07, 6.45) is 5.60. The fraction of sp³-hybridized carbons (Fsp3) is 0.550. The molecular weight excluding hydrogens is 797 g/mol. The van der Waals surface area contributed by atoms with Crippen LogP contribution < -0.4 is 42.9 Å². The Bertz CT molecular complexity index is 2560. The van der Waals surface area contributed by atoms with Gasteiger partial charge in [-0.1, -0.05) is 0 Å². The van der Waals surface area contributed by atoms with Crippen LogP contribution in [0.1, 0.15) is 68.2 Å². The quantitative estimate of drug-likeness (QED) is 0.201. The Morgan fingerprint density at radius 1 is 0.842 bits per heavy atom. The third-order valence-electron chi connectivity index (χ3n) is 12.2.